The minimum absolute atomic E-state index is 0.0735. The number of nitrogens with zero attached hydrogens (tertiary/aromatic N) is 3. The molecule has 0 aliphatic heterocycles. The molecule has 0 saturated heterocycles. The predicted molar refractivity (Wildman–Crippen MR) is 68.6 cm³/mol. The van der Waals surface area contributed by atoms with E-state index >= 15 is 0 Å². The number of hydrogen-bond acceptors (Lipinski definition) is 3. The molecule has 1 saturated carbocycles. The number of aromatic nitrogens is 3. The Morgan fingerprint density at radius 1 is 1.41 bits per heavy atom. The second-order valence-corrected chi connectivity index (χ2v) is 4.90. The van der Waals surface area contributed by atoms with Gasteiger partial charge in [0.15, 0.2) is 5.82 Å². The molecule has 1 aliphatic carbocycles. The molecule has 2 N–H and O–H groups in total. The summed E-state index contributed by atoms with van der Waals surface area (Å²) >= 11 is 0. The van der Waals surface area contributed by atoms with Crippen molar-refractivity contribution in [3.05, 3.63) is 24.3 Å². The van der Waals surface area contributed by atoms with Crippen LogP contribution in [0.2, 0.25) is 0 Å². The molecule has 1 aromatic heterocycles. The smallest absolute Gasteiger partial charge is 0.150 e. The molecule has 94 valence electrons. The standard InChI is InChI=1S/C13H22N4/c1-3-7-12(14)13-16-15-10(2)17(13)11-8-5-4-6-9-11/h3,11-12H,1,4-9,14H2,2H3. The van der Waals surface area contributed by atoms with Gasteiger partial charge in [-0.3, -0.25) is 0 Å². The Labute approximate surface area is 103 Å². The normalized spacial score (nSPS) is 19.2. The zero-order valence-electron chi connectivity index (χ0n) is 10.6. The molecule has 2 rings (SSSR count). The Hall–Kier alpha value is -1.16. The van der Waals surface area contributed by atoms with Gasteiger partial charge in [0.05, 0.1) is 6.04 Å². The van der Waals surface area contributed by atoms with Crippen molar-refractivity contribution in [2.45, 2.75) is 57.5 Å². The van der Waals surface area contributed by atoms with E-state index in [0.29, 0.717) is 6.04 Å². The fourth-order valence-corrected chi connectivity index (χ4v) is 2.71. The van der Waals surface area contributed by atoms with E-state index in [1.54, 1.807) is 0 Å². The third kappa shape index (κ3) is 2.57. The Morgan fingerprint density at radius 2 is 2.12 bits per heavy atom. The summed E-state index contributed by atoms with van der Waals surface area (Å²) in [7, 11) is 0. The lowest BCUT2D eigenvalue weighted by molar-refractivity contribution is 0.336. The van der Waals surface area contributed by atoms with Crippen molar-refractivity contribution in [2.24, 2.45) is 5.73 Å². The maximum Gasteiger partial charge on any atom is 0.150 e. The van der Waals surface area contributed by atoms with Gasteiger partial charge in [-0.15, -0.1) is 16.8 Å². The maximum atomic E-state index is 6.13. The summed E-state index contributed by atoms with van der Waals surface area (Å²) in [5.41, 5.74) is 6.13. The molecule has 0 aromatic carbocycles. The van der Waals surface area contributed by atoms with Gasteiger partial charge in [0.2, 0.25) is 0 Å². The van der Waals surface area contributed by atoms with E-state index in [4.69, 9.17) is 5.73 Å². The average molecular weight is 234 g/mol. The highest BCUT2D eigenvalue weighted by atomic mass is 15.3. The first-order valence-electron chi connectivity index (χ1n) is 6.52. The quantitative estimate of drug-likeness (QED) is 0.815. The van der Waals surface area contributed by atoms with E-state index in [1.807, 2.05) is 13.0 Å². The van der Waals surface area contributed by atoms with Crippen LogP contribution in [0, 0.1) is 6.92 Å². The third-order valence-corrected chi connectivity index (χ3v) is 3.58. The second-order valence-electron chi connectivity index (χ2n) is 4.90. The topological polar surface area (TPSA) is 56.7 Å². The predicted octanol–water partition coefficient (Wildman–Crippen LogP) is 2.67. The lowest BCUT2D eigenvalue weighted by Crippen LogP contribution is -2.22. The van der Waals surface area contributed by atoms with Gasteiger partial charge in [0.1, 0.15) is 5.82 Å². The molecular weight excluding hydrogens is 212 g/mol. The van der Waals surface area contributed by atoms with E-state index in [1.165, 1.54) is 32.1 Å². The lowest BCUT2D eigenvalue weighted by Gasteiger charge is -2.26. The van der Waals surface area contributed by atoms with Crippen molar-refractivity contribution >= 4 is 0 Å². The van der Waals surface area contributed by atoms with Gasteiger partial charge in [-0.05, 0) is 26.2 Å². The summed E-state index contributed by atoms with van der Waals surface area (Å²) in [6.07, 6.45) is 9.02. The Bertz CT molecular complexity index is 377. The van der Waals surface area contributed by atoms with Crippen LogP contribution in [0.4, 0.5) is 0 Å². The minimum atomic E-state index is -0.0735. The SMILES string of the molecule is C=CCC(N)c1nnc(C)n1C1CCCCC1. The number of rotatable bonds is 4. The fourth-order valence-electron chi connectivity index (χ4n) is 2.71. The molecule has 0 spiro atoms. The van der Waals surface area contributed by atoms with Crippen LogP contribution in [0.5, 0.6) is 0 Å². The summed E-state index contributed by atoms with van der Waals surface area (Å²) in [6, 6.07) is 0.472. The van der Waals surface area contributed by atoms with Crippen LogP contribution in [0.3, 0.4) is 0 Å². The van der Waals surface area contributed by atoms with Crippen LogP contribution in [0.25, 0.3) is 0 Å². The van der Waals surface area contributed by atoms with Crippen LogP contribution < -0.4 is 5.73 Å². The summed E-state index contributed by atoms with van der Waals surface area (Å²) < 4.78 is 2.26. The van der Waals surface area contributed by atoms with Crippen molar-refractivity contribution < 1.29 is 0 Å². The Kier molecular flexibility index (Phi) is 3.94. The first-order valence-corrected chi connectivity index (χ1v) is 6.52. The molecule has 0 radical (unpaired) electrons. The van der Waals surface area contributed by atoms with Crippen LogP contribution >= 0.6 is 0 Å². The average Bonchev–Trinajstić information content (AvgIpc) is 2.73. The van der Waals surface area contributed by atoms with E-state index < -0.39 is 0 Å². The molecule has 1 atom stereocenters. The Balaban J connectivity index is 2.24. The van der Waals surface area contributed by atoms with Gasteiger partial charge >= 0.3 is 0 Å². The molecule has 0 bridgehead atoms. The van der Waals surface area contributed by atoms with Crippen molar-refractivity contribution in [3.8, 4) is 0 Å². The summed E-state index contributed by atoms with van der Waals surface area (Å²) in [5, 5.41) is 8.44. The monoisotopic (exact) mass is 234 g/mol. The van der Waals surface area contributed by atoms with Crippen LogP contribution in [-0.4, -0.2) is 14.8 Å². The maximum absolute atomic E-state index is 6.13. The number of aryl methyl sites for hydroxylation is 1. The highest BCUT2D eigenvalue weighted by molar-refractivity contribution is 5.04. The molecule has 0 amide bonds. The largest absolute Gasteiger partial charge is 0.321 e. The summed E-state index contributed by atoms with van der Waals surface area (Å²) in [5.74, 6) is 1.92. The van der Waals surface area contributed by atoms with Crippen molar-refractivity contribution in [2.75, 3.05) is 0 Å². The number of hydrogen-bond donors (Lipinski definition) is 1. The zero-order chi connectivity index (χ0) is 12.3. The van der Waals surface area contributed by atoms with Gasteiger partial charge in [-0.2, -0.15) is 0 Å². The Morgan fingerprint density at radius 3 is 2.76 bits per heavy atom. The molecule has 1 aliphatic rings. The fraction of sp³-hybridized carbons (Fsp3) is 0.692. The van der Waals surface area contributed by atoms with Gasteiger partial charge in [0, 0.05) is 6.04 Å². The molecule has 1 fully saturated rings. The third-order valence-electron chi connectivity index (χ3n) is 3.58. The van der Waals surface area contributed by atoms with Gasteiger partial charge < -0.3 is 10.3 Å². The van der Waals surface area contributed by atoms with E-state index in [0.717, 1.165) is 18.1 Å². The van der Waals surface area contributed by atoms with Gasteiger partial charge in [-0.1, -0.05) is 25.3 Å². The summed E-state index contributed by atoms with van der Waals surface area (Å²) in [4.78, 5) is 0. The first-order chi connectivity index (χ1) is 8.24. The van der Waals surface area contributed by atoms with Crippen molar-refractivity contribution in [1.29, 1.82) is 0 Å². The van der Waals surface area contributed by atoms with Crippen LogP contribution in [-0.2, 0) is 0 Å². The zero-order valence-corrected chi connectivity index (χ0v) is 10.6. The van der Waals surface area contributed by atoms with E-state index in [9.17, 15) is 0 Å². The molecule has 4 nitrogen and oxygen atoms in total. The van der Waals surface area contributed by atoms with E-state index in [-0.39, 0.29) is 6.04 Å². The summed E-state index contributed by atoms with van der Waals surface area (Å²) in [6.45, 7) is 5.76. The molecular formula is C13H22N4. The van der Waals surface area contributed by atoms with Crippen molar-refractivity contribution in [3.63, 3.8) is 0 Å². The van der Waals surface area contributed by atoms with E-state index in [2.05, 4.69) is 21.3 Å². The van der Waals surface area contributed by atoms with Crippen LogP contribution in [0.1, 0.15) is 62.3 Å². The minimum Gasteiger partial charge on any atom is -0.321 e. The molecule has 4 heteroatoms. The highest BCUT2D eigenvalue weighted by Crippen LogP contribution is 2.31. The van der Waals surface area contributed by atoms with Crippen molar-refractivity contribution in [1.82, 2.24) is 14.8 Å². The van der Waals surface area contributed by atoms with Gasteiger partial charge in [0.25, 0.3) is 0 Å². The molecule has 1 aromatic rings. The molecule has 1 unspecified atom stereocenters. The van der Waals surface area contributed by atoms with Gasteiger partial charge in [-0.25, -0.2) is 0 Å². The second kappa shape index (κ2) is 5.45. The lowest BCUT2D eigenvalue weighted by atomic mass is 9.95. The molecule has 1 heterocycles. The number of nitrogens with two attached hydrogens (primary N) is 1. The first kappa shape index (κ1) is 12.3. The van der Waals surface area contributed by atoms with Crippen LogP contribution in [0.15, 0.2) is 12.7 Å². The highest BCUT2D eigenvalue weighted by Gasteiger charge is 2.23. The molecule has 17 heavy (non-hydrogen) atoms.